The molecule has 0 saturated heterocycles. The predicted molar refractivity (Wildman–Crippen MR) is 109 cm³/mol. The molecule has 5 nitrogen and oxygen atoms in total. The van der Waals surface area contributed by atoms with E-state index in [1.54, 1.807) is 6.92 Å². The molecule has 2 aromatic carbocycles. The second kappa shape index (κ2) is 8.16. The van der Waals surface area contributed by atoms with Gasteiger partial charge in [-0.05, 0) is 37.0 Å². The molecule has 0 bridgehead atoms. The normalized spacial score (nSPS) is 14.4. The third kappa shape index (κ3) is 4.59. The average molecular weight is 455 g/mol. The summed E-state index contributed by atoms with van der Waals surface area (Å²) in [6, 6.07) is 5.50. The van der Waals surface area contributed by atoms with Gasteiger partial charge in [0.1, 0.15) is 23.2 Å². The number of anilines is 1. The summed E-state index contributed by atoms with van der Waals surface area (Å²) in [4.78, 5) is 8.05. The molecular weight excluding hydrogens is 433 g/mol. The van der Waals surface area contributed by atoms with Crippen molar-refractivity contribution in [3.63, 3.8) is 0 Å². The molecule has 1 aromatic heterocycles. The minimum absolute atomic E-state index is 0.0331. The first-order valence-electron chi connectivity index (χ1n) is 9.67. The van der Waals surface area contributed by atoms with Crippen molar-refractivity contribution < 1.29 is 32.2 Å². The Hall–Kier alpha value is -3.01. The Morgan fingerprint density at radius 3 is 2.41 bits per heavy atom. The smallest absolute Gasteiger partial charge is 0.418 e. The third-order valence-corrected chi connectivity index (χ3v) is 5.29. The molecule has 10 heteroatoms. The minimum atomic E-state index is -5.12. The number of rotatable bonds is 6. The van der Waals surface area contributed by atoms with Crippen LogP contribution in [0.5, 0.6) is 5.75 Å². The molecule has 0 aliphatic carbocycles. The first-order chi connectivity index (χ1) is 14.7. The number of aromatic nitrogens is 2. The van der Waals surface area contributed by atoms with E-state index in [0.29, 0.717) is 5.82 Å². The third-order valence-electron chi connectivity index (χ3n) is 5.29. The van der Waals surface area contributed by atoms with Gasteiger partial charge >= 0.3 is 6.18 Å². The van der Waals surface area contributed by atoms with E-state index < -0.39 is 47.5 Å². The number of aliphatic hydroxyl groups is 1. The Labute approximate surface area is 180 Å². The molecule has 0 aliphatic heterocycles. The summed E-state index contributed by atoms with van der Waals surface area (Å²) in [6.07, 6.45) is -4.75. The summed E-state index contributed by atoms with van der Waals surface area (Å²) >= 11 is 0. The van der Waals surface area contributed by atoms with Crippen molar-refractivity contribution in [2.24, 2.45) is 0 Å². The van der Waals surface area contributed by atoms with E-state index in [-0.39, 0.29) is 22.2 Å². The fourth-order valence-corrected chi connectivity index (χ4v) is 3.85. The number of benzene rings is 2. The zero-order chi connectivity index (χ0) is 23.9. The van der Waals surface area contributed by atoms with Crippen molar-refractivity contribution >= 4 is 16.6 Å². The van der Waals surface area contributed by atoms with Crippen LogP contribution in [0.2, 0.25) is 0 Å². The van der Waals surface area contributed by atoms with E-state index >= 15 is 0 Å². The summed E-state index contributed by atoms with van der Waals surface area (Å²) < 4.78 is 70.2. The predicted octanol–water partition coefficient (Wildman–Crippen LogP) is 5.00. The first-order valence-corrected chi connectivity index (χ1v) is 9.67. The van der Waals surface area contributed by atoms with Gasteiger partial charge in [-0.1, -0.05) is 19.9 Å². The van der Waals surface area contributed by atoms with Crippen LogP contribution in [0.3, 0.4) is 0 Å². The lowest BCUT2D eigenvalue weighted by atomic mass is 9.74. The Balaban J connectivity index is 1.97. The quantitative estimate of drug-likeness (QED) is 0.456. The van der Waals surface area contributed by atoms with E-state index in [4.69, 9.17) is 0 Å². The van der Waals surface area contributed by atoms with Crippen molar-refractivity contribution in [2.75, 3.05) is 11.9 Å². The van der Waals surface area contributed by atoms with Crippen LogP contribution in [0.4, 0.5) is 27.6 Å². The molecular formula is C22H22F5N3O2. The Morgan fingerprint density at radius 2 is 1.78 bits per heavy atom. The highest BCUT2D eigenvalue weighted by Crippen LogP contribution is 2.44. The van der Waals surface area contributed by atoms with Crippen molar-refractivity contribution in [1.29, 1.82) is 0 Å². The number of nitrogens with one attached hydrogen (secondary N) is 1. The van der Waals surface area contributed by atoms with E-state index in [1.165, 1.54) is 26.1 Å². The van der Waals surface area contributed by atoms with Crippen LogP contribution >= 0.6 is 0 Å². The summed E-state index contributed by atoms with van der Waals surface area (Å²) in [5, 5.41) is 23.4. The largest absolute Gasteiger partial charge is 0.508 e. The van der Waals surface area contributed by atoms with Crippen molar-refractivity contribution in [2.45, 2.75) is 44.4 Å². The van der Waals surface area contributed by atoms with Crippen LogP contribution in [-0.4, -0.2) is 38.5 Å². The van der Waals surface area contributed by atoms with Gasteiger partial charge in [-0.2, -0.15) is 13.2 Å². The number of nitrogens with zero attached hydrogens (tertiary/aromatic N) is 2. The summed E-state index contributed by atoms with van der Waals surface area (Å²) in [6.45, 7) is 3.10. The van der Waals surface area contributed by atoms with Crippen LogP contribution in [-0.2, 0) is 5.41 Å². The van der Waals surface area contributed by atoms with Crippen molar-refractivity contribution in [1.82, 2.24) is 9.97 Å². The molecule has 0 amide bonds. The van der Waals surface area contributed by atoms with Gasteiger partial charge in [0, 0.05) is 28.9 Å². The minimum Gasteiger partial charge on any atom is -0.508 e. The van der Waals surface area contributed by atoms with Gasteiger partial charge in [0.2, 0.25) is 0 Å². The molecule has 0 fully saturated rings. The van der Waals surface area contributed by atoms with Crippen molar-refractivity contribution in [3.05, 3.63) is 59.6 Å². The highest BCUT2D eigenvalue weighted by atomic mass is 19.4. The van der Waals surface area contributed by atoms with Crippen LogP contribution in [0.25, 0.3) is 10.9 Å². The lowest BCUT2D eigenvalue weighted by Crippen LogP contribution is -2.53. The Kier molecular flexibility index (Phi) is 6.03. The van der Waals surface area contributed by atoms with Crippen LogP contribution < -0.4 is 5.32 Å². The molecule has 32 heavy (non-hydrogen) atoms. The van der Waals surface area contributed by atoms with Gasteiger partial charge in [-0.3, -0.25) is 0 Å². The first kappa shape index (κ1) is 23.6. The number of phenolic OH excluding ortho intramolecular Hbond substituents is 1. The maximum atomic E-state index is 14.3. The van der Waals surface area contributed by atoms with Gasteiger partial charge < -0.3 is 15.5 Å². The maximum Gasteiger partial charge on any atom is 0.418 e. The molecule has 3 N–H and O–H groups in total. The summed E-state index contributed by atoms with van der Waals surface area (Å²) in [7, 11) is 0. The van der Waals surface area contributed by atoms with E-state index in [1.807, 2.05) is 0 Å². The van der Waals surface area contributed by atoms with Gasteiger partial charge in [-0.25, -0.2) is 18.7 Å². The lowest BCUT2D eigenvalue weighted by Gasteiger charge is -2.38. The second-order valence-electron chi connectivity index (χ2n) is 8.38. The molecule has 0 saturated carbocycles. The number of fused-ring (bicyclic) bond motifs is 1. The van der Waals surface area contributed by atoms with Crippen LogP contribution in [0.1, 0.15) is 31.7 Å². The van der Waals surface area contributed by atoms with Crippen molar-refractivity contribution in [3.8, 4) is 5.75 Å². The number of hydrogen-bond acceptors (Lipinski definition) is 5. The van der Waals surface area contributed by atoms with Gasteiger partial charge in [-0.15, -0.1) is 0 Å². The fraction of sp³-hybridized carbons (Fsp3) is 0.364. The van der Waals surface area contributed by atoms with Gasteiger partial charge in [0.25, 0.3) is 0 Å². The molecule has 0 aliphatic rings. The lowest BCUT2D eigenvalue weighted by molar-refractivity contribution is -0.260. The molecule has 1 unspecified atom stereocenters. The standard InChI is InChI=1S/C22H22F5N3O2/c1-12-28-9-14-16(7-13(23)8-17(14)30-12)29-11-21(32,22(25,26)27)10-20(2,3)19-15(24)5-4-6-18(19)31/h4-9,29,31-32H,10-11H2,1-3H3. The summed E-state index contributed by atoms with van der Waals surface area (Å²) in [5.41, 5.74) is -5.13. The average Bonchev–Trinajstić information content (AvgIpc) is 2.64. The number of alkyl halides is 3. The zero-order valence-electron chi connectivity index (χ0n) is 17.6. The SMILES string of the molecule is Cc1ncc2c(NCC(O)(CC(C)(C)c3c(O)cccc3F)C(F)(F)F)cc(F)cc2n1. The molecule has 3 aromatic rings. The fourth-order valence-electron chi connectivity index (χ4n) is 3.85. The number of aryl methyl sites for hydroxylation is 1. The molecule has 1 heterocycles. The Bertz CT molecular complexity index is 1120. The van der Waals surface area contributed by atoms with Crippen LogP contribution in [0, 0.1) is 18.6 Å². The number of halogens is 5. The number of phenols is 1. The molecule has 0 radical (unpaired) electrons. The highest BCUT2D eigenvalue weighted by molar-refractivity contribution is 5.90. The Morgan fingerprint density at radius 1 is 1.09 bits per heavy atom. The van der Waals surface area contributed by atoms with E-state index in [0.717, 1.165) is 24.3 Å². The highest BCUT2D eigenvalue weighted by Gasteiger charge is 2.56. The molecule has 3 rings (SSSR count). The molecule has 0 spiro atoms. The maximum absolute atomic E-state index is 14.3. The number of aromatic hydroxyl groups is 1. The number of hydrogen-bond donors (Lipinski definition) is 3. The van der Waals surface area contributed by atoms with Crippen LogP contribution in [0.15, 0.2) is 36.5 Å². The second-order valence-corrected chi connectivity index (χ2v) is 8.38. The zero-order valence-corrected chi connectivity index (χ0v) is 17.6. The monoisotopic (exact) mass is 455 g/mol. The molecule has 172 valence electrons. The van der Waals surface area contributed by atoms with Gasteiger partial charge in [0.15, 0.2) is 5.60 Å². The van der Waals surface area contributed by atoms with E-state index in [9.17, 15) is 32.2 Å². The van der Waals surface area contributed by atoms with E-state index in [2.05, 4.69) is 15.3 Å². The molecule has 1 atom stereocenters. The summed E-state index contributed by atoms with van der Waals surface area (Å²) in [5.74, 6) is -1.79. The van der Waals surface area contributed by atoms with Gasteiger partial charge in [0.05, 0.1) is 12.1 Å². The topological polar surface area (TPSA) is 78.3 Å².